The Morgan fingerprint density at radius 2 is 2.00 bits per heavy atom. The third kappa shape index (κ3) is 4.09. The van der Waals surface area contributed by atoms with E-state index in [1.807, 2.05) is 6.92 Å². The van der Waals surface area contributed by atoms with Crippen LogP contribution in [0.15, 0.2) is 0 Å². The molecule has 3 nitrogen and oxygen atoms in total. The topological polar surface area (TPSA) is 55.5 Å². The Labute approximate surface area is 93.0 Å². The first-order valence-electron chi connectivity index (χ1n) is 5.96. The minimum atomic E-state index is -0.591. The number of aliphatic hydroxyl groups excluding tert-OH is 1. The molecular weight excluding hydrogens is 190 g/mol. The predicted molar refractivity (Wildman–Crippen MR) is 61.6 cm³/mol. The zero-order chi connectivity index (χ0) is 11.5. The third-order valence-corrected chi connectivity index (χ3v) is 3.56. The van der Waals surface area contributed by atoms with E-state index in [1.54, 1.807) is 0 Å². The fourth-order valence-electron chi connectivity index (χ4n) is 2.00. The Bertz CT molecular complexity index is 194. The van der Waals surface area contributed by atoms with Gasteiger partial charge in [-0.15, -0.1) is 0 Å². The molecule has 0 aromatic carbocycles. The van der Waals surface area contributed by atoms with E-state index in [-0.39, 0.29) is 6.61 Å². The van der Waals surface area contributed by atoms with Gasteiger partial charge in [-0.1, -0.05) is 13.8 Å². The van der Waals surface area contributed by atoms with E-state index in [9.17, 15) is 0 Å². The summed E-state index contributed by atoms with van der Waals surface area (Å²) in [7, 11) is 0. The maximum absolute atomic E-state index is 9.01. The molecule has 4 unspecified atom stereocenters. The Morgan fingerprint density at radius 3 is 2.53 bits per heavy atom. The molecule has 0 aromatic rings. The summed E-state index contributed by atoms with van der Waals surface area (Å²) in [6, 6.07) is 0. The first-order chi connectivity index (χ1) is 6.94. The molecule has 3 N–H and O–H groups in total. The molecule has 0 radical (unpaired) electrons. The van der Waals surface area contributed by atoms with Crippen LogP contribution in [0.25, 0.3) is 0 Å². The molecule has 0 aromatic heterocycles. The van der Waals surface area contributed by atoms with E-state index >= 15 is 0 Å². The Kier molecular flexibility index (Phi) is 4.56. The molecule has 1 fully saturated rings. The molecule has 0 bridgehead atoms. The third-order valence-electron chi connectivity index (χ3n) is 3.56. The largest absolute Gasteiger partial charge is 0.394 e. The van der Waals surface area contributed by atoms with Crippen LogP contribution in [0.4, 0.5) is 0 Å². The Balaban J connectivity index is 2.28. The van der Waals surface area contributed by atoms with Crippen molar-refractivity contribution in [2.24, 2.45) is 17.6 Å². The van der Waals surface area contributed by atoms with Crippen molar-refractivity contribution < 1.29 is 9.84 Å². The summed E-state index contributed by atoms with van der Waals surface area (Å²) in [5, 5.41) is 9.01. The second kappa shape index (κ2) is 5.28. The summed E-state index contributed by atoms with van der Waals surface area (Å²) in [5.41, 5.74) is 5.23. The number of hydrogen-bond acceptors (Lipinski definition) is 3. The van der Waals surface area contributed by atoms with Crippen LogP contribution in [0.1, 0.15) is 40.0 Å². The first kappa shape index (κ1) is 12.9. The normalized spacial score (nSPS) is 36.2. The van der Waals surface area contributed by atoms with Crippen molar-refractivity contribution in [2.45, 2.75) is 51.7 Å². The molecule has 15 heavy (non-hydrogen) atoms. The van der Waals surface area contributed by atoms with Gasteiger partial charge in [0.25, 0.3) is 0 Å². The van der Waals surface area contributed by atoms with Gasteiger partial charge >= 0.3 is 0 Å². The molecule has 0 aliphatic heterocycles. The van der Waals surface area contributed by atoms with Gasteiger partial charge in [-0.3, -0.25) is 0 Å². The molecule has 1 saturated carbocycles. The summed E-state index contributed by atoms with van der Waals surface area (Å²) >= 11 is 0. The monoisotopic (exact) mass is 215 g/mol. The summed E-state index contributed by atoms with van der Waals surface area (Å²) in [5.74, 6) is 1.55. The smallest absolute Gasteiger partial charge is 0.0669 e. The maximum Gasteiger partial charge on any atom is 0.0669 e. The highest BCUT2D eigenvalue weighted by Crippen LogP contribution is 2.31. The van der Waals surface area contributed by atoms with Crippen LogP contribution in [0, 0.1) is 11.8 Å². The lowest BCUT2D eigenvalue weighted by molar-refractivity contribution is -0.0265. The standard InChI is InChI=1S/C12H25NO2/c1-9-4-5-11(6-10(9)2)15-8-12(3,13)7-14/h9-11,14H,4-8,13H2,1-3H3. The van der Waals surface area contributed by atoms with Crippen LogP contribution >= 0.6 is 0 Å². The zero-order valence-electron chi connectivity index (χ0n) is 10.2. The van der Waals surface area contributed by atoms with Crippen molar-refractivity contribution in [3.63, 3.8) is 0 Å². The maximum atomic E-state index is 9.01. The highest BCUT2D eigenvalue weighted by molar-refractivity contribution is 4.80. The van der Waals surface area contributed by atoms with Crippen molar-refractivity contribution in [1.29, 1.82) is 0 Å². The van der Waals surface area contributed by atoms with E-state index in [4.69, 9.17) is 15.6 Å². The van der Waals surface area contributed by atoms with Gasteiger partial charge in [0.15, 0.2) is 0 Å². The minimum Gasteiger partial charge on any atom is -0.394 e. The van der Waals surface area contributed by atoms with Gasteiger partial charge in [-0.2, -0.15) is 0 Å². The lowest BCUT2D eigenvalue weighted by atomic mass is 9.80. The summed E-state index contributed by atoms with van der Waals surface area (Å²) in [4.78, 5) is 0. The molecule has 0 heterocycles. The van der Waals surface area contributed by atoms with Crippen LogP contribution < -0.4 is 5.73 Å². The Morgan fingerprint density at radius 1 is 1.33 bits per heavy atom. The summed E-state index contributed by atoms with van der Waals surface area (Å²) in [6.45, 7) is 6.85. The van der Waals surface area contributed by atoms with Crippen molar-refractivity contribution >= 4 is 0 Å². The molecule has 3 heteroatoms. The van der Waals surface area contributed by atoms with Gasteiger partial charge in [0.05, 0.1) is 24.9 Å². The zero-order valence-corrected chi connectivity index (χ0v) is 10.2. The van der Waals surface area contributed by atoms with Crippen LogP contribution in [-0.4, -0.2) is 30.0 Å². The molecule has 1 aliphatic carbocycles. The van der Waals surface area contributed by atoms with Gasteiger partial charge in [0, 0.05) is 0 Å². The molecule has 90 valence electrons. The van der Waals surface area contributed by atoms with Crippen LogP contribution in [0.5, 0.6) is 0 Å². The van der Waals surface area contributed by atoms with Crippen molar-refractivity contribution in [3.05, 3.63) is 0 Å². The second-order valence-electron chi connectivity index (χ2n) is 5.51. The van der Waals surface area contributed by atoms with E-state index < -0.39 is 5.54 Å². The van der Waals surface area contributed by atoms with Crippen molar-refractivity contribution in [1.82, 2.24) is 0 Å². The lowest BCUT2D eigenvalue weighted by Crippen LogP contribution is -2.46. The van der Waals surface area contributed by atoms with Crippen LogP contribution in [-0.2, 0) is 4.74 Å². The van der Waals surface area contributed by atoms with Crippen molar-refractivity contribution in [3.8, 4) is 0 Å². The molecule has 0 amide bonds. The fraction of sp³-hybridized carbons (Fsp3) is 1.00. The van der Waals surface area contributed by atoms with Gasteiger partial charge in [0.2, 0.25) is 0 Å². The lowest BCUT2D eigenvalue weighted by Gasteiger charge is -2.33. The number of aliphatic hydroxyl groups is 1. The minimum absolute atomic E-state index is 0.0221. The average Bonchev–Trinajstić information content (AvgIpc) is 2.20. The van der Waals surface area contributed by atoms with Gasteiger partial charge in [-0.25, -0.2) is 0 Å². The highest BCUT2D eigenvalue weighted by Gasteiger charge is 2.27. The molecule has 0 spiro atoms. The van der Waals surface area contributed by atoms with E-state index in [2.05, 4.69) is 13.8 Å². The van der Waals surface area contributed by atoms with Gasteiger partial charge in [0.1, 0.15) is 0 Å². The Hall–Kier alpha value is -0.120. The van der Waals surface area contributed by atoms with Crippen molar-refractivity contribution in [2.75, 3.05) is 13.2 Å². The molecular formula is C12H25NO2. The van der Waals surface area contributed by atoms with E-state index in [0.29, 0.717) is 12.7 Å². The number of rotatable bonds is 4. The van der Waals surface area contributed by atoms with E-state index in [1.165, 1.54) is 6.42 Å². The summed E-state index contributed by atoms with van der Waals surface area (Å²) in [6.07, 6.45) is 3.84. The summed E-state index contributed by atoms with van der Waals surface area (Å²) < 4.78 is 5.77. The highest BCUT2D eigenvalue weighted by atomic mass is 16.5. The van der Waals surface area contributed by atoms with Crippen LogP contribution in [0.3, 0.4) is 0 Å². The van der Waals surface area contributed by atoms with E-state index in [0.717, 1.165) is 24.7 Å². The van der Waals surface area contributed by atoms with Gasteiger partial charge in [-0.05, 0) is 38.0 Å². The molecule has 4 atom stereocenters. The SMILES string of the molecule is CC1CCC(OCC(C)(N)CO)CC1C. The average molecular weight is 215 g/mol. The number of nitrogens with two attached hydrogens (primary N) is 1. The molecule has 1 aliphatic rings. The molecule has 0 saturated heterocycles. The van der Waals surface area contributed by atoms with Gasteiger partial charge < -0.3 is 15.6 Å². The fourth-order valence-corrected chi connectivity index (χ4v) is 2.00. The first-order valence-corrected chi connectivity index (χ1v) is 5.96. The predicted octanol–water partition coefficient (Wildman–Crippen LogP) is 1.54. The van der Waals surface area contributed by atoms with Crippen LogP contribution in [0.2, 0.25) is 0 Å². The molecule has 1 rings (SSSR count). The second-order valence-corrected chi connectivity index (χ2v) is 5.51. The number of ether oxygens (including phenoxy) is 1. The quantitative estimate of drug-likeness (QED) is 0.748. The number of hydrogen-bond donors (Lipinski definition) is 2.